The Bertz CT molecular complexity index is 591. The molecule has 0 amide bonds. The number of hydrogen-bond donors (Lipinski definition) is 2. The highest BCUT2D eigenvalue weighted by molar-refractivity contribution is 5.54. The van der Waals surface area contributed by atoms with Crippen molar-refractivity contribution in [3.05, 3.63) is 42.0 Å². The van der Waals surface area contributed by atoms with Crippen molar-refractivity contribution in [2.45, 2.75) is 6.54 Å². The summed E-state index contributed by atoms with van der Waals surface area (Å²) in [6, 6.07) is 10.9. The summed E-state index contributed by atoms with van der Waals surface area (Å²) in [4.78, 5) is 0. The molecule has 0 heterocycles. The van der Waals surface area contributed by atoms with Gasteiger partial charge in [-0.25, -0.2) is 0 Å². The van der Waals surface area contributed by atoms with Crippen LogP contribution in [-0.2, 0) is 6.54 Å². The molecule has 2 N–H and O–H groups in total. The van der Waals surface area contributed by atoms with E-state index in [0.29, 0.717) is 12.3 Å². The zero-order valence-electron chi connectivity index (χ0n) is 12.3. The van der Waals surface area contributed by atoms with E-state index in [0.717, 1.165) is 22.7 Å². The van der Waals surface area contributed by atoms with E-state index < -0.39 is 0 Å². The molecule has 0 bridgehead atoms. The third-order valence-electron chi connectivity index (χ3n) is 3.09. The second-order valence-corrected chi connectivity index (χ2v) is 4.46. The fourth-order valence-corrected chi connectivity index (χ4v) is 1.96. The average Bonchev–Trinajstić information content (AvgIpc) is 2.52. The monoisotopic (exact) mass is 289 g/mol. The first-order valence-electron chi connectivity index (χ1n) is 6.49. The van der Waals surface area contributed by atoms with Crippen LogP contribution in [0.2, 0.25) is 0 Å². The molecule has 0 unspecified atom stereocenters. The molecule has 0 spiro atoms. The van der Waals surface area contributed by atoms with E-state index in [-0.39, 0.29) is 5.75 Å². The number of ether oxygens (including phenoxy) is 3. The molecule has 0 fully saturated rings. The Morgan fingerprint density at radius 1 is 0.905 bits per heavy atom. The maximum atomic E-state index is 9.76. The topological polar surface area (TPSA) is 60.0 Å². The molecule has 0 aliphatic heterocycles. The van der Waals surface area contributed by atoms with E-state index in [2.05, 4.69) is 5.32 Å². The number of methoxy groups -OCH3 is 3. The first-order valence-corrected chi connectivity index (χ1v) is 6.49. The van der Waals surface area contributed by atoms with Crippen LogP contribution >= 0.6 is 0 Å². The molecule has 112 valence electrons. The zero-order valence-corrected chi connectivity index (χ0v) is 12.3. The first kappa shape index (κ1) is 14.8. The summed E-state index contributed by atoms with van der Waals surface area (Å²) in [5.74, 6) is 2.02. The summed E-state index contributed by atoms with van der Waals surface area (Å²) in [7, 11) is 4.75. The van der Waals surface area contributed by atoms with Crippen molar-refractivity contribution < 1.29 is 19.3 Å². The Labute approximate surface area is 124 Å². The lowest BCUT2D eigenvalue weighted by atomic mass is 10.2. The molecule has 2 aromatic carbocycles. The van der Waals surface area contributed by atoms with Gasteiger partial charge in [0.25, 0.3) is 0 Å². The number of anilines is 1. The lowest BCUT2D eigenvalue weighted by molar-refractivity contribution is 0.373. The number of nitrogens with one attached hydrogen (secondary N) is 1. The summed E-state index contributed by atoms with van der Waals surface area (Å²) in [5.41, 5.74) is 1.82. The fourth-order valence-electron chi connectivity index (χ4n) is 1.96. The van der Waals surface area contributed by atoms with Gasteiger partial charge >= 0.3 is 0 Å². The number of hydrogen-bond acceptors (Lipinski definition) is 5. The van der Waals surface area contributed by atoms with E-state index in [4.69, 9.17) is 14.2 Å². The van der Waals surface area contributed by atoms with Crippen molar-refractivity contribution in [1.82, 2.24) is 0 Å². The Balaban J connectivity index is 2.10. The molecule has 0 radical (unpaired) electrons. The molecule has 0 aliphatic rings. The minimum atomic E-state index is 0.125. The normalized spacial score (nSPS) is 10.0. The summed E-state index contributed by atoms with van der Waals surface area (Å²) in [5, 5.41) is 13.0. The van der Waals surface area contributed by atoms with Gasteiger partial charge in [-0.15, -0.1) is 0 Å². The fraction of sp³-hybridized carbons (Fsp3) is 0.250. The molecule has 0 saturated heterocycles. The molecule has 21 heavy (non-hydrogen) atoms. The van der Waals surface area contributed by atoms with Crippen LogP contribution in [0.3, 0.4) is 0 Å². The SMILES string of the molecule is COc1cc(NCc2ccc(OC)c(O)c2)cc(OC)c1. The van der Waals surface area contributed by atoms with Gasteiger partial charge in [0.05, 0.1) is 21.3 Å². The highest BCUT2D eigenvalue weighted by Gasteiger charge is 2.04. The molecule has 2 aromatic rings. The second-order valence-electron chi connectivity index (χ2n) is 4.46. The standard InChI is InChI=1S/C16H19NO4/c1-19-13-7-12(8-14(9-13)20-2)17-10-11-4-5-16(21-3)15(18)6-11/h4-9,17-18H,10H2,1-3H3. The molecular formula is C16H19NO4. The van der Waals surface area contributed by atoms with Gasteiger partial charge in [0.15, 0.2) is 11.5 Å². The van der Waals surface area contributed by atoms with Gasteiger partial charge in [-0.1, -0.05) is 6.07 Å². The van der Waals surface area contributed by atoms with Crippen molar-refractivity contribution in [3.63, 3.8) is 0 Å². The zero-order chi connectivity index (χ0) is 15.2. The van der Waals surface area contributed by atoms with Crippen molar-refractivity contribution in [3.8, 4) is 23.0 Å². The summed E-state index contributed by atoms with van der Waals surface area (Å²) < 4.78 is 15.5. The lowest BCUT2D eigenvalue weighted by Gasteiger charge is -2.11. The third kappa shape index (κ3) is 3.72. The minimum Gasteiger partial charge on any atom is -0.504 e. The predicted octanol–water partition coefficient (Wildman–Crippen LogP) is 3.03. The number of phenols is 1. The average molecular weight is 289 g/mol. The van der Waals surface area contributed by atoms with E-state index in [1.807, 2.05) is 24.3 Å². The molecule has 0 aromatic heterocycles. The van der Waals surface area contributed by atoms with Crippen LogP contribution in [0.5, 0.6) is 23.0 Å². The van der Waals surface area contributed by atoms with Gasteiger partial charge in [0, 0.05) is 30.4 Å². The van der Waals surface area contributed by atoms with Crippen LogP contribution in [-0.4, -0.2) is 26.4 Å². The highest BCUT2D eigenvalue weighted by atomic mass is 16.5. The van der Waals surface area contributed by atoms with Gasteiger partial charge in [0.2, 0.25) is 0 Å². The van der Waals surface area contributed by atoms with E-state index >= 15 is 0 Å². The van der Waals surface area contributed by atoms with Crippen LogP contribution in [0.4, 0.5) is 5.69 Å². The van der Waals surface area contributed by atoms with Gasteiger partial charge in [0.1, 0.15) is 11.5 Å². The Hall–Kier alpha value is -2.56. The maximum Gasteiger partial charge on any atom is 0.160 e. The smallest absolute Gasteiger partial charge is 0.160 e. The molecule has 5 heteroatoms. The van der Waals surface area contributed by atoms with Gasteiger partial charge in [-0.2, -0.15) is 0 Å². The van der Waals surface area contributed by atoms with Crippen LogP contribution < -0.4 is 19.5 Å². The number of rotatable bonds is 6. The van der Waals surface area contributed by atoms with Crippen LogP contribution in [0.25, 0.3) is 0 Å². The largest absolute Gasteiger partial charge is 0.504 e. The summed E-state index contributed by atoms with van der Waals surface area (Å²) in [6.45, 7) is 0.563. The Morgan fingerprint density at radius 3 is 2.10 bits per heavy atom. The number of aromatic hydroxyl groups is 1. The lowest BCUT2D eigenvalue weighted by Crippen LogP contribution is -2.00. The Kier molecular flexibility index (Phi) is 4.77. The van der Waals surface area contributed by atoms with E-state index in [1.165, 1.54) is 7.11 Å². The summed E-state index contributed by atoms with van der Waals surface area (Å²) in [6.07, 6.45) is 0. The third-order valence-corrected chi connectivity index (χ3v) is 3.09. The van der Waals surface area contributed by atoms with Crippen molar-refractivity contribution in [1.29, 1.82) is 0 Å². The van der Waals surface area contributed by atoms with Gasteiger partial charge < -0.3 is 24.6 Å². The molecule has 0 atom stereocenters. The van der Waals surface area contributed by atoms with Crippen LogP contribution in [0, 0.1) is 0 Å². The first-order chi connectivity index (χ1) is 10.2. The highest BCUT2D eigenvalue weighted by Crippen LogP contribution is 2.28. The quantitative estimate of drug-likeness (QED) is 0.856. The van der Waals surface area contributed by atoms with Gasteiger partial charge in [-0.05, 0) is 17.7 Å². The molecule has 0 aliphatic carbocycles. The summed E-state index contributed by atoms with van der Waals surface area (Å²) >= 11 is 0. The molecule has 2 rings (SSSR count). The minimum absolute atomic E-state index is 0.125. The molecule has 5 nitrogen and oxygen atoms in total. The van der Waals surface area contributed by atoms with Crippen molar-refractivity contribution in [2.75, 3.05) is 26.6 Å². The molecular weight excluding hydrogens is 270 g/mol. The predicted molar refractivity (Wildman–Crippen MR) is 81.5 cm³/mol. The van der Waals surface area contributed by atoms with Crippen molar-refractivity contribution in [2.24, 2.45) is 0 Å². The Morgan fingerprint density at radius 2 is 1.57 bits per heavy atom. The van der Waals surface area contributed by atoms with Gasteiger partial charge in [-0.3, -0.25) is 0 Å². The number of benzene rings is 2. The van der Waals surface area contributed by atoms with Crippen molar-refractivity contribution >= 4 is 5.69 Å². The maximum absolute atomic E-state index is 9.76. The van der Waals surface area contributed by atoms with E-state index in [1.54, 1.807) is 26.4 Å². The molecule has 0 saturated carbocycles. The number of phenolic OH excluding ortho intramolecular Hbond substituents is 1. The van der Waals surface area contributed by atoms with Crippen LogP contribution in [0.15, 0.2) is 36.4 Å². The van der Waals surface area contributed by atoms with Crippen LogP contribution in [0.1, 0.15) is 5.56 Å². The van der Waals surface area contributed by atoms with E-state index in [9.17, 15) is 5.11 Å². The second kappa shape index (κ2) is 6.74.